The summed E-state index contributed by atoms with van der Waals surface area (Å²) in [6.07, 6.45) is 0. The van der Waals surface area contributed by atoms with Gasteiger partial charge >= 0.3 is 0 Å². The quantitative estimate of drug-likeness (QED) is 0.889. The predicted octanol–water partition coefficient (Wildman–Crippen LogP) is 2.63. The molecule has 0 radical (unpaired) electrons. The first-order chi connectivity index (χ1) is 9.63. The molecular weight excluding hydrogens is 272 g/mol. The van der Waals surface area contributed by atoms with Crippen LogP contribution in [0.3, 0.4) is 0 Å². The van der Waals surface area contributed by atoms with Gasteiger partial charge in [-0.2, -0.15) is 0 Å². The highest BCUT2D eigenvalue weighted by molar-refractivity contribution is 7.10. The highest BCUT2D eigenvalue weighted by Gasteiger charge is 2.20. The van der Waals surface area contributed by atoms with Crippen LogP contribution in [0.15, 0.2) is 41.8 Å². The monoisotopic (exact) mass is 290 g/mol. The van der Waals surface area contributed by atoms with Crippen LogP contribution in [0.1, 0.15) is 29.4 Å². The smallest absolute Gasteiger partial charge is 0.242 e. The molecule has 5 heteroatoms. The standard InChI is InChI=1S/C15H18N2O2S/c1-10(11-6-3-4-7-12(11)19-2)17-15(18)14(16)13-8-5-9-20-13/h3-10,14H,16H2,1-2H3,(H,17,18)/t10-,14?/m0/s1. The highest BCUT2D eigenvalue weighted by Crippen LogP contribution is 2.25. The minimum atomic E-state index is -0.632. The summed E-state index contributed by atoms with van der Waals surface area (Å²) in [5.41, 5.74) is 6.88. The van der Waals surface area contributed by atoms with Crippen molar-refractivity contribution in [3.63, 3.8) is 0 Å². The Morgan fingerprint density at radius 2 is 2.05 bits per heavy atom. The summed E-state index contributed by atoms with van der Waals surface area (Å²) in [6.45, 7) is 1.91. The Hall–Kier alpha value is -1.85. The summed E-state index contributed by atoms with van der Waals surface area (Å²) < 4.78 is 5.30. The number of rotatable bonds is 5. The van der Waals surface area contributed by atoms with Gasteiger partial charge in [0.15, 0.2) is 0 Å². The second kappa shape index (κ2) is 6.54. The molecule has 1 aromatic carbocycles. The fourth-order valence-electron chi connectivity index (χ4n) is 2.00. The van der Waals surface area contributed by atoms with E-state index in [-0.39, 0.29) is 11.9 Å². The van der Waals surface area contributed by atoms with Crippen LogP contribution in [0.2, 0.25) is 0 Å². The van der Waals surface area contributed by atoms with Crippen molar-refractivity contribution in [3.05, 3.63) is 52.2 Å². The third-order valence-electron chi connectivity index (χ3n) is 3.10. The number of hydrogen-bond donors (Lipinski definition) is 2. The Morgan fingerprint density at radius 3 is 2.70 bits per heavy atom. The van der Waals surface area contributed by atoms with Gasteiger partial charge in [-0.05, 0) is 24.4 Å². The van der Waals surface area contributed by atoms with E-state index in [2.05, 4.69) is 5.32 Å². The van der Waals surface area contributed by atoms with Crippen molar-refractivity contribution >= 4 is 17.2 Å². The fraction of sp³-hybridized carbons (Fsp3) is 0.267. The molecule has 0 aliphatic rings. The molecular formula is C15H18N2O2S. The average molecular weight is 290 g/mol. The van der Waals surface area contributed by atoms with Gasteiger partial charge in [0.05, 0.1) is 13.2 Å². The van der Waals surface area contributed by atoms with E-state index in [9.17, 15) is 4.79 Å². The number of ether oxygens (including phenoxy) is 1. The lowest BCUT2D eigenvalue weighted by molar-refractivity contribution is -0.123. The fourth-order valence-corrected chi connectivity index (χ4v) is 2.73. The summed E-state index contributed by atoms with van der Waals surface area (Å²) >= 11 is 1.48. The number of thiophene rings is 1. The van der Waals surface area contributed by atoms with Gasteiger partial charge in [-0.25, -0.2) is 0 Å². The second-order valence-corrected chi connectivity index (χ2v) is 5.44. The summed E-state index contributed by atoms with van der Waals surface area (Å²) in [5.74, 6) is 0.566. The maximum Gasteiger partial charge on any atom is 0.242 e. The Morgan fingerprint density at radius 1 is 1.30 bits per heavy atom. The number of nitrogens with one attached hydrogen (secondary N) is 1. The Balaban J connectivity index is 2.07. The van der Waals surface area contributed by atoms with E-state index in [4.69, 9.17) is 10.5 Å². The number of nitrogens with two attached hydrogens (primary N) is 1. The van der Waals surface area contributed by atoms with Crippen molar-refractivity contribution in [2.24, 2.45) is 5.73 Å². The summed E-state index contributed by atoms with van der Waals surface area (Å²) in [7, 11) is 1.62. The van der Waals surface area contributed by atoms with Gasteiger partial charge in [-0.1, -0.05) is 24.3 Å². The van der Waals surface area contributed by atoms with E-state index in [1.165, 1.54) is 11.3 Å². The van der Waals surface area contributed by atoms with E-state index in [0.29, 0.717) is 0 Å². The van der Waals surface area contributed by atoms with E-state index < -0.39 is 6.04 Å². The van der Waals surface area contributed by atoms with Crippen molar-refractivity contribution in [3.8, 4) is 5.75 Å². The SMILES string of the molecule is COc1ccccc1[C@H](C)NC(=O)C(N)c1cccs1. The van der Waals surface area contributed by atoms with Crippen LogP contribution in [0.5, 0.6) is 5.75 Å². The molecule has 0 spiro atoms. The van der Waals surface area contributed by atoms with Crippen LogP contribution in [0, 0.1) is 0 Å². The van der Waals surface area contributed by atoms with E-state index in [1.807, 2.05) is 48.7 Å². The third-order valence-corrected chi connectivity index (χ3v) is 4.05. The predicted molar refractivity (Wildman–Crippen MR) is 80.8 cm³/mol. The Kier molecular flexibility index (Phi) is 4.76. The number of amides is 1. The highest BCUT2D eigenvalue weighted by atomic mass is 32.1. The average Bonchev–Trinajstić information content (AvgIpc) is 3.00. The second-order valence-electron chi connectivity index (χ2n) is 4.47. The molecule has 106 valence electrons. The molecule has 0 saturated carbocycles. The summed E-state index contributed by atoms with van der Waals surface area (Å²) in [5, 5.41) is 4.83. The number of benzene rings is 1. The van der Waals surface area contributed by atoms with Crippen molar-refractivity contribution in [1.29, 1.82) is 0 Å². The molecule has 2 aromatic rings. The van der Waals surface area contributed by atoms with Gasteiger partial charge in [0, 0.05) is 10.4 Å². The first-order valence-corrected chi connectivity index (χ1v) is 7.23. The lowest BCUT2D eigenvalue weighted by Crippen LogP contribution is -2.35. The molecule has 0 aliphatic carbocycles. The van der Waals surface area contributed by atoms with Crippen LogP contribution in [-0.2, 0) is 4.79 Å². The van der Waals surface area contributed by atoms with Crippen molar-refractivity contribution in [1.82, 2.24) is 5.32 Å². The molecule has 1 unspecified atom stereocenters. The third kappa shape index (κ3) is 3.18. The lowest BCUT2D eigenvalue weighted by Gasteiger charge is -2.19. The summed E-state index contributed by atoms with van der Waals surface area (Å²) in [6, 6.07) is 10.6. The molecule has 0 aliphatic heterocycles. The molecule has 1 aromatic heterocycles. The Labute approximate surface area is 122 Å². The number of hydrogen-bond acceptors (Lipinski definition) is 4. The lowest BCUT2D eigenvalue weighted by atomic mass is 10.1. The molecule has 0 bridgehead atoms. The van der Waals surface area contributed by atoms with Crippen molar-refractivity contribution < 1.29 is 9.53 Å². The molecule has 3 N–H and O–H groups in total. The molecule has 0 saturated heterocycles. The number of carbonyl (C=O) groups excluding carboxylic acids is 1. The maximum absolute atomic E-state index is 12.2. The van der Waals surface area contributed by atoms with Gasteiger partial charge < -0.3 is 15.8 Å². The van der Waals surface area contributed by atoms with Crippen molar-refractivity contribution in [2.75, 3.05) is 7.11 Å². The number of methoxy groups -OCH3 is 1. The largest absolute Gasteiger partial charge is 0.496 e. The van der Waals surface area contributed by atoms with Gasteiger partial charge in [-0.15, -0.1) is 11.3 Å². The molecule has 4 nitrogen and oxygen atoms in total. The van der Waals surface area contributed by atoms with E-state index in [0.717, 1.165) is 16.2 Å². The molecule has 1 heterocycles. The van der Waals surface area contributed by atoms with Crippen LogP contribution in [0.25, 0.3) is 0 Å². The van der Waals surface area contributed by atoms with Crippen LogP contribution >= 0.6 is 11.3 Å². The zero-order chi connectivity index (χ0) is 14.5. The molecule has 1 amide bonds. The van der Waals surface area contributed by atoms with Gasteiger partial charge in [0.25, 0.3) is 0 Å². The number of carbonyl (C=O) groups is 1. The van der Waals surface area contributed by atoms with Gasteiger partial charge in [-0.3, -0.25) is 4.79 Å². The van der Waals surface area contributed by atoms with Crippen LogP contribution < -0.4 is 15.8 Å². The summed E-state index contributed by atoms with van der Waals surface area (Å²) in [4.78, 5) is 13.0. The zero-order valence-electron chi connectivity index (χ0n) is 11.5. The van der Waals surface area contributed by atoms with Crippen molar-refractivity contribution in [2.45, 2.75) is 19.0 Å². The number of para-hydroxylation sites is 1. The molecule has 2 atom stereocenters. The molecule has 20 heavy (non-hydrogen) atoms. The first-order valence-electron chi connectivity index (χ1n) is 6.35. The zero-order valence-corrected chi connectivity index (χ0v) is 12.3. The maximum atomic E-state index is 12.2. The normalized spacial score (nSPS) is 13.6. The van der Waals surface area contributed by atoms with Gasteiger partial charge in [0.2, 0.25) is 5.91 Å². The van der Waals surface area contributed by atoms with E-state index >= 15 is 0 Å². The first kappa shape index (κ1) is 14.6. The minimum absolute atomic E-state index is 0.162. The van der Waals surface area contributed by atoms with Crippen LogP contribution in [-0.4, -0.2) is 13.0 Å². The topological polar surface area (TPSA) is 64.3 Å². The molecule has 0 fully saturated rings. The Bertz CT molecular complexity index is 569. The van der Waals surface area contributed by atoms with Crippen LogP contribution in [0.4, 0.5) is 0 Å². The van der Waals surface area contributed by atoms with Gasteiger partial charge in [0.1, 0.15) is 11.8 Å². The molecule has 2 rings (SSSR count). The minimum Gasteiger partial charge on any atom is -0.496 e. The van der Waals surface area contributed by atoms with E-state index in [1.54, 1.807) is 7.11 Å².